The molecule has 25 heavy (non-hydrogen) atoms. The molecule has 0 unspecified atom stereocenters. The second-order valence-corrected chi connectivity index (χ2v) is 7.84. The average Bonchev–Trinajstić information content (AvgIpc) is 2.61. The van der Waals surface area contributed by atoms with Crippen molar-refractivity contribution in [3.05, 3.63) is 29.3 Å². The van der Waals surface area contributed by atoms with Gasteiger partial charge >= 0.3 is 6.09 Å². The van der Waals surface area contributed by atoms with E-state index in [2.05, 4.69) is 10.1 Å². The van der Waals surface area contributed by atoms with Crippen molar-refractivity contribution in [1.29, 1.82) is 0 Å². The number of methoxy groups -OCH3 is 1. The van der Waals surface area contributed by atoms with Gasteiger partial charge in [-0.25, -0.2) is 13.2 Å². The molecule has 1 N–H and O–H groups in total. The molecule has 8 nitrogen and oxygen atoms in total. The minimum Gasteiger partial charge on any atom is -0.453 e. The molecule has 0 radical (unpaired) electrons. The maximum atomic E-state index is 12.7. The van der Waals surface area contributed by atoms with Crippen LogP contribution >= 0.6 is 11.6 Å². The van der Waals surface area contributed by atoms with E-state index in [1.54, 1.807) is 24.0 Å². The predicted octanol–water partition coefficient (Wildman–Crippen LogP) is 0.917. The van der Waals surface area contributed by atoms with Gasteiger partial charge in [0.15, 0.2) is 0 Å². The molecule has 1 aromatic rings. The maximum Gasteiger partial charge on any atom is 0.413 e. The van der Waals surface area contributed by atoms with Crippen LogP contribution in [0.4, 0.5) is 4.79 Å². The van der Waals surface area contributed by atoms with Crippen molar-refractivity contribution in [3.8, 4) is 0 Å². The summed E-state index contributed by atoms with van der Waals surface area (Å²) >= 11 is 6.00. The molecule has 1 aliphatic heterocycles. The summed E-state index contributed by atoms with van der Waals surface area (Å²) in [6.07, 6.45) is -0.822. The second-order valence-electron chi connectivity index (χ2n) is 5.53. The number of alkyl carbamates (subject to hydrolysis) is 1. The quantitative estimate of drug-likeness (QED) is 0.822. The molecule has 0 spiro atoms. The van der Waals surface area contributed by atoms with E-state index in [1.807, 2.05) is 0 Å². The number of rotatable bonds is 4. The summed E-state index contributed by atoms with van der Waals surface area (Å²) in [5.74, 6) is -0.491. The van der Waals surface area contributed by atoms with Crippen molar-refractivity contribution in [2.24, 2.45) is 0 Å². The largest absolute Gasteiger partial charge is 0.453 e. The van der Waals surface area contributed by atoms with E-state index in [0.717, 1.165) is 0 Å². The smallest absolute Gasteiger partial charge is 0.413 e. The zero-order valence-electron chi connectivity index (χ0n) is 13.9. The van der Waals surface area contributed by atoms with Crippen LogP contribution in [-0.4, -0.2) is 69.0 Å². The van der Waals surface area contributed by atoms with Gasteiger partial charge in [-0.1, -0.05) is 23.7 Å². The van der Waals surface area contributed by atoms with Crippen molar-refractivity contribution in [3.63, 3.8) is 0 Å². The highest BCUT2D eigenvalue weighted by atomic mass is 35.5. The zero-order valence-corrected chi connectivity index (χ0v) is 15.5. The number of imide groups is 1. The standard InChI is InChI=1S/C15H20ClN3O5S/c1-11(14(20)17-15(21)24-2)18-7-9-19(10-8-18)25(22,23)13-6-4-3-5-12(13)16/h3-6,11H,7-10H2,1-2H3,(H,17,20,21)/t11-/m1/s1. The Bertz CT molecular complexity index is 747. The first-order chi connectivity index (χ1) is 11.8. The molecular weight excluding hydrogens is 370 g/mol. The molecule has 0 aromatic heterocycles. The van der Waals surface area contributed by atoms with Gasteiger partial charge in [0.25, 0.3) is 0 Å². The van der Waals surface area contributed by atoms with Crippen LogP contribution in [0.5, 0.6) is 0 Å². The van der Waals surface area contributed by atoms with E-state index in [-0.39, 0.29) is 23.0 Å². The Balaban J connectivity index is 2.01. The molecule has 0 aliphatic carbocycles. The van der Waals surface area contributed by atoms with Crippen LogP contribution in [0.3, 0.4) is 0 Å². The number of nitrogens with one attached hydrogen (secondary N) is 1. The lowest BCUT2D eigenvalue weighted by atomic mass is 10.2. The molecule has 1 atom stereocenters. The van der Waals surface area contributed by atoms with Crippen LogP contribution in [-0.2, 0) is 19.6 Å². The first-order valence-corrected chi connectivity index (χ1v) is 9.46. The Morgan fingerprint density at radius 1 is 1.20 bits per heavy atom. The number of ether oxygens (including phenoxy) is 1. The molecule has 2 rings (SSSR count). The Morgan fingerprint density at radius 2 is 1.80 bits per heavy atom. The molecule has 0 saturated carbocycles. The number of carbonyl (C=O) groups is 2. The molecule has 1 aromatic carbocycles. The molecule has 0 bridgehead atoms. The van der Waals surface area contributed by atoms with Crippen molar-refractivity contribution >= 4 is 33.6 Å². The number of amides is 2. The molecule has 10 heteroatoms. The summed E-state index contributed by atoms with van der Waals surface area (Å²) in [6.45, 7) is 2.82. The Labute approximate surface area is 151 Å². The fraction of sp³-hybridized carbons (Fsp3) is 0.467. The summed E-state index contributed by atoms with van der Waals surface area (Å²) in [6, 6.07) is 5.71. The highest BCUT2D eigenvalue weighted by Crippen LogP contribution is 2.25. The van der Waals surface area contributed by atoms with Gasteiger partial charge < -0.3 is 4.74 Å². The monoisotopic (exact) mass is 389 g/mol. The Hall–Kier alpha value is -1.68. The zero-order chi connectivity index (χ0) is 18.6. The van der Waals surface area contributed by atoms with Gasteiger partial charge in [0.1, 0.15) is 4.90 Å². The first kappa shape index (κ1) is 19.6. The number of nitrogens with zero attached hydrogens (tertiary/aromatic N) is 2. The van der Waals surface area contributed by atoms with E-state index >= 15 is 0 Å². The van der Waals surface area contributed by atoms with Crippen LogP contribution in [0.15, 0.2) is 29.2 Å². The molecular formula is C15H20ClN3O5S. The molecule has 1 fully saturated rings. The van der Waals surface area contributed by atoms with Crippen LogP contribution in [0.1, 0.15) is 6.92 Å². The lowest BCUT2D eigenvalue weighted by Crippen LogP contribution is -2.55. The second kappa shape index (κ2) is 8.13. The van der Waals surface area contributed by atoms with Gasteiger partial charge in [-0.2, -0.15) is 4.31 Å². The highest BCUT2D eigenvalue weighted by Gasteiger charge is 2.33. The Morgan fingerprint density at radius 3 is 2.36 bits per heavy atom. The molecule has 2 amide bonds. The summed E-state index contributed by atoms with van der Waals surface area (Å²) in [5, 5.41) is 2.29. The lowest BCUT2D eigenvalue weighted by Gasteiger charge is -2.36. The first-order valence-electron chi connectivity index (χ1n) is 7.65. The van der Waals surface area contributed by atoms with Gasteiger partial charge in [-0.15, -0.1) is 0 Å². The number of hydrogen-bond acceptors (Lipinski definition) is 6. The van der Waals surface area contributed by atoms with Gasteiger partial charge in [0.2, 0.25) is 15.9 Å². The minimum absolute atomic E-state index is 0.0709. The van der Waals surface area contributed by atoms with Crippen molar-refractivity contribution in [2.45, 2.75) is 17.9 Å². The Kier molecular flexibility index (Phi) is 6.39. The van der Waals surface area contributed by atoms with E-state index in [4.69, 9.17) is 11.6 Å². The van der Waals surface area contributed by atoms with E-state index in [1.165, 1.54) is 23.5 Å². The fourth-order valence-corrected chi connectivity index (χ4v) is 4.46. The summed E-state index contributed by atoms with van der Waals surface area (Å²) in [4.78, 5) is 24.9. The number of piperazine rings is 1. The SMILES string of the molecule is COC(=O)NC(=O)[C@@H](C)N1CCN(S(=O)(=O)c2ccccc2Cl)CC1. The third-order valence-corrected chi connectivity index (χ3v) is 6.46. The minimum atomic E-state index is -3.68. The molecule has 1 aliphatic rings. The maximum absolute atomic E-state index is 12.7. The van der Waals surface area contributed by atoms with Gasteiger partial charge in [0, 0.05) is 26.2 Å². The van der Waals surface area contributed by atoms with Crippen LogP contribution in [0, 0.1) is 0 Å². The average molecular weight is 390 g/mol. The third-order valence-electron chi connectivity index (χ3n) is 4.07. The summed E-state index contributed by atoms with van der Waals surface area (Å²) in [7, 11) is -2.51. The van der Waals surface area contributed by atoms with E-state index in [0.29, 0.717) is 13.1 Å². The highest BCUT2D eigenvalue weighted by molar-refractivity contribution is 7.89. The molecule has 138 valence electrons. The van der Waals surface area contributed by atoms with Crippen LogP contribution in [0.2, 0.25) is 5.02 Å². The van der Waals surface area contributed by atoms with E-state index in [9.17, 15) is 18.0 Å². The van der Waals surface area contributed by atoms with Crippen molar-refractivity contribution in [2.75, 3.05) is 33.3 Å². The normalized spacial score (nSPS) is 17.7. The van der Waals surface area contributed by atoms with Gasteiger partial charge in [0.05, 0.1) is 18.2 Å². The van der Waals surface area contributed by atoms with Crippen molar-refractivity contribution in [1.82, 2.24) is 14.5 Å². The lowest BCUT2D eigenvalue weighted by molar-refractivity contribution is -0.125. The van der Waals surface area contributed by atoms with Crippen LogP contribution < -0.4 is 5.32 Å². The fourth-order valence-electron chi connectivity index (χ4n) is 2.55. The van der Waals surface area contributed by atoms with E-state index < -0.39 is 28.1 Å². The summed E-state index contributed by atoms with van der Waals surface area (Å²) < 4.78 is 31.1. The number of hydrogen-bond donors (Lipinski definition) is 1. The number of halogens is 1. The predicted molar refractivity (Wildman–Crippen MR) is 91.8 cm³/mol. The number of benzene rings is 1. The molecule has 1 heterocycles. The topological polar surface area (TPSA) is 96.0 Å². The number of carbonyl (C=O) groups excluding carboxylic acids is 2. The van der Waals surface area contributed by atoms with Gasteiger partial charge in [-0.3, -0.25) is 15.0 Å². The summed E-state index contributed by atoms with van der Waals surface area (Å²) in [5.41, 5.74) is 0. The molecule has 1 saturated heterocycles. The number of sulfonamides is 1. The van der Waals surface area contributed by atoms with Crippen molar-refractivity contribution < 1.29 is 22.7 Å². The third kappa shape index (κ3) is 4.49. The van der Waals surface area contributed by atoms with Gasteiger partial charge in [-0.05, 0) is 19.1 Å². The van der Waals surface area contributed by atoms with Crippen LogP contribution in [0.25, 0.3) is 0 Å².